The Balaban J connectivity index is 1.96. The van der Waals surface area contributed by atoms with Crippen molar-refractivity contribution in [3.05, 3.63) is 71.5 Å². The molecule has 1 amide bonds. The molecular weight excluding hydrogens is 241 g/mol. The average molecular weight is 257 g/mol. The summed E-state index contributed by atoms with van der Waals surface area (Å²) < 4.78 is 13.4. The van der Waals surface area contributed by atoms with Gasteiger partial charge in [0.1, 0.15) is 5.82 Å². The molecule has 0 aliphatic carbocycles. The van der Waals surface area contributed by atoms with Crippen LogP contribution in [0.3, 0.4) is 0 Å². The summed E-state index contributed by atoms with van der Waals surface area (Å²) in [5, 5.41) is 2.76. The topological polar surface area (TPSA) is 29.1 Å². The molecule has 0 unspecified atom stereocenters. The van der Waals surface area contributed by atoms with Gasteiger partial charge in [-0.25, -0.2) is 4.39 Å². The zero-order valence-corrected chi connectivity index (χ0v) is 10.8. The highest BCUT2D eigenvalue weighted by Crippen LogP contribution is 2.13. The van der Waals surface area contributed by atoms with Gasteiger partial charge in [0.2, 0.25) is 0 Å². The SMILES string of the molecule is C[C@@H](CNC(=O)c1ccccc1F)c1ccccc1. The van der Waals surface area contributed by atoms with E-state index in [0.29, 0.717) is 6.54 Å². The fourth-order valence-electron chi connectivity index (χ4n) is 1.89. The Labute approximate surface area is 112 Å². The first-order valence-electron chi connectivity index (χ1n) is 6.26. The summed E-state index contributed by atoms with van der Waals surface area (Å²) in [7, 11) is 0. The minimum atomic E-state index is -0.493. The molecule has 0 bridgehead atoms. The lowest BCUT2D eigenvalue weighted by Crippen LogP contribution is -2.28. The van der Waals surface area contributed by atoms with Gasteiger partial charge in [0.05, 0.1) is 5.56 Å². The first-order chi connectivity index (χ1) is 9.18. The Kier molecular flexibility index (Phi) is 4.29. The molecule has 1 N–H and O–H groups in total. The van der Waals surface area contributed by atoms with E-state index in [2.05, 4.69) is 5.32 Å². The molecule has 2 nitrogen and oxygen atoms in total. The Morgan fingerprint density at radius 2 is 1.74 bits per heavy atom. The lowest BCUT2D eigenvalue weighted by atomic mass is 10.0. The molecule has 0 fully saturated rings. The van der Waals surface area contributed by atoms with Crippen LogP contribution >= 0.6 is 0 Å². The lowest BCUT2D eigenvalue weighted by molar-refractivity contribution is 0.0947. The minimum absolute atomic E-state index is 0.0859. The Hall–Kier alpha value is -2.16. The van der Waals surface area contributed by atoms with Gasteiger partial charge in [-0.05, 0) is 23.6 Å². The van der Waals surface area contributed by atoms with Crippen LogP contribution in [0.2, 0.25) is 0 Å². The molecule has 98 valence electrons. The van der Waals surface area contributed by atoms with E-state index in [1.807, 2.05) is 37.3 Å². The zero-order chi connectivity index (χ0) is 13.7. The summed E-state index contributed by atoms with van der Waals surface area (Å²) in [6.07, 6.45) is 0. The van der Waals surface area contributed by atoms with Crippen LogP contribution < -0.4 is 5.32 Å². The summed E-state index contributed by atoms with van der Waals surface area (Å²) in [4.78, 5) is 11.9. The second-order valence-corrected chi connectivity index (χ2v) is 4.50. The quantitative estimate of drug-likeness (QED) is 0.894. The number of carbonyl (C=O) groups excluding carboxylic acids is 1. The molecule has 2 aromatic rings. The lowest BCUT2D eigenvalue weighted by Gasteiger charge is -2.13. The van der Waals surface area contributed by atoms with Crippen molar-refractivity contribution < 1.29 is 9.18 Å². The van der Waals surface area contributed by atoms with E-state index in [-0.39, 0.29) is 17.4 Å². The van der Waals surface area contributed by atoms with E-state index in [9.17, 15) is 9.18 Å². The molecule has 19 heavy (non-hydrogen) atoms. The fourth-order valence-corrected chi connectivity index (χ4v) is 1.89. The number of hydrogen-bond donors (Lipinski definition) is 1. The highest BCUT2D eigenvalue weighted by Gasteiger charge is 2.12. The summed E-state index contributed by atoms with van der Waals surface area (Å²) in [6.45, 7) is 2.51. The third kappa shape index (κ3) is 3.41. The Morgan fingerprint density at radius 1 is 1.11 bits per heavy atom. The van der Waals surface area contributed by atoms with Gasteiger partial charge in [-0.3, -0.25) is 4.79 Å². The van der Waals surface area contributed by atoms with Crippen LogP contribution in [0.25, 0.3) is 0 Å². The molecule has 0 radical (unpaired) electrons. The molecule has 0 heterocycles. The van der Waals surface area contributed by atoms with Gasteiger partial charge in [0, 0.05) is 6.54 Å². The molecule has 0 spiro atoms. The minimum Gasteiger partial charge on any atom is -0.351 e. The van der Waals surface area contributed by atoms with Crippen molar-refractivity contribution in [3.63, 3.8) is 0 Å². The maximum absolute atomic E-state index is 13.4. The van der Waals surface area contributed by atoms with Crippen molar-refractivity contribution in [3.8, 4) is 0 Å². The number of nitrogens with one attached hydrogen (secondary N) is 1. The van der Waals surface area contributed by atoms with Gasteiger partial charge in [-0.1, -0.05) is 49.4 Å². The number of amides is 1. The summed E-state index contributed by atoms with van der Waals surface area (Å²) in [5.41, 5.74) is 1.24. The Morgan fingerprint density at radius 3 is 2.42 bits per heavy atom. The molecule has 3 heteroatoms. The number of carbonyl (C=O) groups is 1. The van der Waals surface area contributed by atoms with Crippen LogP contribution in [0.15, 0.2) is 54.6 Å². The zero-order valence-electron chi connectivity index (χ0n) is 10.8. The van der Waals surface area contributed by atoms with E-state index < -0.39 is 5.82 Å². The van der Waals surface area contributed by atoms with Crippen molar-refractivity contribution in [1.29, 1.82) is 0 Å². The average Bonchev–Trinajstić information content (AvgIpc) is 2.46. The third-order valence-electron chi connectivity index (χ3n) is 3.06. The van der Waals surface area contributed by atoms with Crippen LogP contribution in [0.5, 0.6) is 0 Å². The number of halogens is 1. The maximum atomic E-state index is 13.4. The summed E-state index contributed by atoms with van der Waals surface area (Å²) >= 11 is 0. The molecule has 0 aliphatic rings. The third-order valence-corrected chi connectivity index (χ3v) is 3.06. The van der Waals surface area contributed by atoms with Crippen LogP contribution in [-0.2, 0) is 0 Å². The summed E-state index contributed by atoms with van der Waals surface area (Å²) in [5.74, 6) is -0.676. The highest BCUT2D eigenvalue weighted by molar-refractivity contribution is 5.94. The van der Waals surface area contributed by atoms with E-state index in [1.54, 1.807) is 12.1 Å². The van der Waals surface area contributed by atoms with E-state index in [4.69, 9.17) is 0 Å². The monoisotopic (exact) mass is 257 g/mol. The van der Waals surface area contributed by atoms with Crippen molar-refractivity contribution in [2.24, 2.45) is 0 Å². The standard InChI is InChI=1S/C16H16FNO/c1-12(13-7-3-2-4-8-13)11-18-16(19)14-9-5-6-10-15(14)17/h2-10,12H,11H2,1H3,(H,18,19)/t12-/m0/s1. The second kappa shape index (κ2) is 6.14. The molecule has 0 saturated carbocycles. The predicted molar refractivity (Wildman–Crippen MR) is 73.6 cm³/mol. The van der Waals surface area contributed by atoms with Crippen LogP contribution in [-0.4, -0.2) is 12.5 Å². The second-order valence-electron chi connectivity index (χ2n) is 4.50. The largest absolute Gasteiger partial charge is 0.351 e. The molecule has 2 aromatic carbocycles. The molecular formula is C16H16FNO. The van der Waals surface area contributed by atoms with E-state index in [1.165, 1.54) is 12.1 Å². The predicted octanol–water partition coefficient (Wildman–Crippen LogP) is 3.36. The van der Waals surface area contributed by atoms with Gasteiger partial charge in [-0.2, -0.15) is 0 Å². The van der Waals surface area contributed by atoms with E-state index >= 15 is 0 Å². The fraction of sp³-hybridized carbons (Fsp3) is 0.188. The number of rotatable bonds is 4. The van der Waals surface area contributed by atoms with Crippen molar-refractivity contribution >= 4 is 5.91 Å². The first kappa shape index (κ1) is 13.3. The number of hydrogen-bond acceptors (Lipinski definition) is 1. The molecule has 0 saturated heterocycles. The molecule has 0 aliphatic heterocycles. The van der Waals surface area contributed by atoms with Gasteiger partial charge in [-0.15, -0.1) is 0 Å². The van der Waals surface area contributed by atoms with Gasteiger partial charge < -0.3 is 5.32 Å². The van der Waals surface area contributed by atoms with Crippen LogP contribution in [0.4, 0.5) is 4.39 Å². The molecule has 2 rings (SSSR count). The normalized spacial score (nSPS) is 11.9. The van der Waals surface area contributed by atoms with Crippen LogP contribution in [0.1, 0.15) is 28.8 Å². The molecule has 1 atom stereocenters. The molecule has 0 aromatic heterocycles. The Bertz CT molecular complexity index is 554. The van der Waals surface area contributed by atoms with Gasteiger partial charge >= 0.3 is 0 Å². The van der Waals surface area contributed by atoms with Crippen LogP contribution in [0, 0.1) is 5.82 Å². The summed E-state index contributed by atoms with van der Waals surface area (Å²) in [6, 6.07) is 15.9. The smallest absolute Gasteiger partial charge is 0.254 e. The van der Waals surface area contributed by atoms with E-state index in [0.717, 1.165) is 5.56 Å². The first-order valence-corrected chi connectivity index (χ1v) is 6.26. The highest BCUT2D eigenvalue weighted by atomic mass is 19.1. The van der Waals surface area contributed by atoms with Gasteiger partial charge in [0.25, 0.3) is 5.91 Å². The van der Waals surface area contributed by atoms with Crippen molar-refractivity contribution in [2.75, 3.05) is 6.54 Å². The van der Waals surface area contributed by atoms with Crippen molar-refractivity contribution in [1.82, 2.24) is 5.32 Å². The van der Waals surface area contributed by atoms with Crippen molar-refractivity contribution in [2.45, 2.75) is 12.8 Å². The maximum Gasteiger partial charge on any atom is 0.254 e. The number of benzene rings is 2. The van der Waals surface area contributed by atoms with Gasteiger partial charge in [0.15, 0.2) is 0 Å².